The van der Waals surface area contributed by atoms with Crippen molar-refractivity contribution in [3.63, 3.8) is 0 Å². The first-order valence-electron chi connectivity index (χ1n) is 12.0. The van der Waals surface area contributed by atoms with E-state index in [1.165, 1.54) is 55.6 Å². The SMILES string of the molecule is Cc1c(C)c(C)c2c(c1C)C(=O)CC2(C)C.Cc1c(C)c(C)c2c(c1C)C(=O)CCC2C. The highest BCUT2D eigenvalue weighted by Gasteiger charge is 2.39. The second-order valence-electron chi connectivity index (χ2n) is 10.9. The Morgan fingerprint density at radius 1 is 0.625 bits per heavy atom. The van der Waals surface area contributed by atoms with Gasteiger partial charge in [0.25, 0.3) is 0 Å². The van der Waals surface area contributed by atoms with E-state index in [0.29, 0.717) is 23.9 Å². The Kier molecular flexibility index (Phi) is 6.32. The number of rotatable bonds is 0. The van der Waals surface area contributed by atoms with Crippen LogP contribution in [0.3, 0.4) is 0 Å². The number of Topliss-reactive ketones (excluding diaryl/α,β-unsaturated/α-hetero) is 2. The van der Waals surface area contributed by atoms with Gasteiger partial charge >= 0.3 is 0 Å². The van der Waals surface area contributed by atoms with Crippen LogP contribution < -0.4 is 0 Å². The molecular weight excluding hydrogens is 392 g/mol. The topological polar surface area (TPSA) is 34.1 Å². The van der Waals surface area contributed by atoms with Crippen molar-refractivity contribution in [2.45, 2.75) is 107 Å². The summed E-state index contributed by atoms with van der Waals surface area (Å²) < 4.78 is 0. The smallest absolute Gasteiger partial charge is 0.164 e. The van der Waals surface area contributed by atoms with E-state index in [9.17, 15) is 9.59 Å². The van der Waals surface area contributed by atoms with Gasteiger partial charge in [-0.3, -0.25) is 9.59 Å². The summed E-state index contributed by atoms with van der Waals surface area (Å²) in [7, 11) is 0. The van der Waals surface area contributed by atoms with Crippen LogP contribution in [0.25, 0.3) is 0 Å². The molecule has 0 aliphatic heterocycles. The lowest BCUT2D eigenvalue weighted by Gasteiger charge is -2.28. The lowest BCUT2D eigenvalue weighted by molar-refractivity contribution is 0.0962. The molecule has 0 fully saturated rings. The normalized spacial score (nSPS) is 18.8. The average molecular weight is 433 g/mol. The molecule has 0 N–H and O–H groups in total. The van der Waals surface area contributed by atoms with Crippen LogP contribution in [0.15, 0.2) is 0 Å². The third-order valence-corrected chi connectivity index (χ3v) is 8.56. The van der Waals surface area contributed by atoms with E-state index in [4.69, 9.17) is 0 Å². The molecule has 2 aromatic rings. The molecule has 172 valence electrons. The second kappa shape index (κ2) is 8.28. The van der Waals surface area contributed by atoms with Gasteiger partial charge in [-0.05, 0) is 129 Å². The van der Waals surface area contributed by atoms with E-state index in [0.717, 1.165) is 24.0 Å². The molecule has 0 bridgehead atoms. The van der Waals surface area contributed by atoms with E-state index in [1.54, 1.807) is 0 Å². The quantitative estimate of drug-likeness (QED) is 0.426. The summed E-state index contributed by atoms with van der Waals surface area (Å²) in [6.07, 6.45) is 2.39. The maximum absolute atomic E-state index is 12.1. The minimum absolute atomic E-state index is 0.0136. The van der Waals surface area contributed by atoms with Gasteiger partial charge in [-0.25, -0.2) is 0 Å². The van der Waals surface area contributed by atoms with Crippen molar-refractivity contribution >= 4 is 11.6 Å². The Balaban J connectivity index is 0.000000181. The number of fused-ring (bicyclic) bond motifs is 2. The minimum Gasteiger partial charge on any atom is -0.294 e. The molecule has 1 atom stereocenters. The molecule has 2 aromatic carbocycles. The number of hydrogen-bond acceptors (Lipinski definition) is 2. The van der Waals surface area contributed by atoms with Gasteiger partial charge in [0, 0.05) is 24.0 Å². The predicted molar refractivity (Wildman–Crippen MR) is 135 cm³/mol. The number of hydrogen-bond donors (Lipinski definition) is 0. The van der Waals surface area contributed by atoms with Gasteiger partial charge in [0.15, 0.2) is 11.6 Å². The van der Waals surface area contributed by atoms with E-state index in [1.807, 2.05) is 0 Å². The molecule has 0 saturated heterocycles. The zero-order chi connectivity index (χ0) is 24.3. The maximum Gasteiger partial charge on any atom is 0.164 e. The van der Waals surface area contributed by atoms with Crippen molar-refractivity contribution < 1.29 is 9.59 Å². The summed E-state index contributed by atoms with van der Waals surface area (Å²) in [4.78, 5) is 24.2. The average Bonchev–Trinajstić information content (AvgIpc) is 2.97. The van der Waals surface area contributed by atoms with Crippen LogP contribution in [0, 0.1) is 55.4 Å². The molecular formula is C30H40O2. The summed E-state index contributed by atoms with van der Waals surface area (Å²) in [6.45, 7) is 23.7. The summed E-state index contributed by atoms with van der Waals surface area (Å²) in [5.41, 5.74) is 15.0. The van der Waals surface area contributed by atoms with Crippen LogP contribution in [0.4, 0.5) is 0 Å². The summed E-state index contributed by atoms with van der Waals surface area (Å²) in [5.74, 6) is 1.20. The lowest BCUT2D eigenvalue weighted by atomic mass is 9.76. The first-order valence-corrected chi connectivity index (χ1v) is 12.0. The minimum atomic E-state index is 0.0136. The lowest BCUT2D eigenvalue weighted by Crippen LogP contribution is -2.19. The van der Waals surface area contributed by atoms with Crippen LogP contribution in [0.5, 0.6) is 0 Å². The van der Waals surface area contributed by atoms with Crippen molar-refractivity contribution in [2.24, 2.45) is 0 Å². The monoisotopic (exact) mass is 432 g/mol. The fourth-order valence-corrected chi connectivity index (χ4v) is 6.02. The van der Waals surface area contributed by atoms with Crippen LogP contribution in [0.1, 0.15) is 122 Å². The highest BCUT2D eigenvalue weighted by atomic mass is 16.1. The molecule has 2 aliphatic rings. The van der Waals surface area contributed by atoms with Gasteiger partial charge < -0.3 is 0 Å². The Hall–Kier alpha value is -2.22. The van der Waals surface area contributed by atoms with E-state index in [2.05, 4.69) is 76.2 Å². The van der Waals surface area contributed by atoms with Crippen LogP contribution >= 0.6 is 0 Å². The molecule has 0 amide bonds. The fraction of sp³-hybridized carbons (Fsp3) is 0.533. The highest BCUT2D eigenvalue weighted by molar-refractivity contribution is 6.04. The van der Waals surface area contributed by atoms with E-state index >= 15 is 0 Å². The van der Waals surface area contributed by atoms with Gasteiger partial charge in [0.1, 0.15) is 0 Å². The molecule has 2 nitrogen and oxygen atoms in total. The van der Waals surface area contributed by atoms with Crippen LogP contribution in [0.2, 0.25) is 0 Å². The summed E-state index contributed by atoms with van der Waals surface area (Å²) in [5, 5.41) is 0. The van der Waals surface area contributed by atoms with Crippen molar-refractivity contribution in [1.29, 1.82) is 0 Å². The molecule has 32 heavy (non-hydrogen) atoms. The Morgan fingerprint density at radius 3 is 1.66 bits per heavy atom. The molecule has 0 saturated carbocycles. The van der Waals surface area contributed by atoms with Crippen molar-refractivity contribution in [1.82, 2.24) is 0 Å². The van der Waals surface area contributed by atoms with Crippen molar-refractivity contribution in [2.75, 3.05) is 0 Å². The third kappa shape index (κ3) is 3.66. The van der Waals surface area contributed by atoms with Crippen molar-refractivity contribution in [3.05, 3.63) is 66.8 Å². The Morgan fingerprint density at radius 2 is 1.09 bits per heavy atom. The van der Waals surface area contributed by atoms with Crippen LogP contribution in [-0.2, 0) is 5.41 Å². The third-order valence-electron chi connectivity index (χ3n) is 8.56. The van der Waals surface area contributed by atoms with Gasteiger partial charge in [-0.1, -0.05) is 20.8 Å². The zero-order valence-corrected chi connectivity index (χ0v) is 22.0. The van der Waals surface area contributed by atoms with Gasteiger partial charge in [-0.15, -0.1) is 0 Å². The molecule has 1 unspecified atom stereocenters. The number of carbonyl (C=O) groups is 2. The van der Waals surface area contributed by atoms with Crippen molar-refractivity contribution in [3.8, 4) is 0 Å². The molecule has 0 radical (unpaired) electrons. The first-order chi connectivity index (χ1) is 14.7. The largest absolute Gasteiger partial charge is 0.294 e. The molecule has 0 aromatic heterocycles. The van der Waals surface area contributed by atoms with Crippen LogP contribution in [-0.4, -0.2) is 11.6 Å². The number of carbonyl (C=O) groups excluding carboxylic acids is 2. The van der Waals surface area contributed by atoms with E-state index < -0.39 is 0 Å². The van der Waals surface area contributed by atoms with Gasteiger partial charge in [0.05, 0.1) is 0 Å². The molecule has 2 heteroatoms. The second-order valence-corrected chi connectivity index (χ2v) is 10.9. The Labute approximate surface area is 194 Å². The standard InChI is InChI=1S/2C15H20O/c1-8-9(2)11(4)14-13(10(8)3)12(16)7-15(14,5)6;1-8-6-7-13(16)15-12(5)10(3)9(2)11(4)14(8)15/h7H2,1-6H3;8H,6-7H2,1-5H3. The predicted octanol–water partition coefficient (Wildman–Crippen LogP) is 7.78. The zero-order valence-electron chi connectivity index (χ0n) is 22.0. The summed E-state index contributed by atoms with van der Waals surface area (Å²) in [6, 6.07) is 0. The first kappa shape index (κ1) is 24.4. The number of benzene rings is 2. The number of ketones is 2. The molecule has 0 spiro atoms. The molecule has 0 heterocycles. The molecule has 4 rings (SSSR count). The summed E-state index contributed by atoms with van der Waals surface area (Å²) >= 11 is 0. The van der Waals surface area contributed by atoms with Gasteiger partial charge in [0.2, 0.25) is 0 Å². The highest BCUT2D eigenvalue weighted by Crippen LogP contribution is 2.44. The van der Waals surface area contributed by atoms with E-state index in [-0.39, 0.29) is 5.41 Å². The van der Waals surface area contributed by atoms with Gasteiger partial charge in [-0.2, -0.15) is 0 Å². The maximum atomic E-state index is 12.1. The Bertz CT molecular complexity index is 1130. The molecule has 2 aliphatic carbocycles. The fourth-order valence-electron chi connectivity index (χ4n) is 6.02.